The number of amides is 1. The molecule has 6 heteroatoms. The Kier molecular flexibility index (Phi) is 4.47. The zero-order chi connectivity index (χ0) is 17.8. The highest BCUT2D eigenvalue weighted by molar-refractivity contribution is 5.94. The summed E-state index contributed by atoms with van der Waals surface area (Å²) in [6.07, 6.45) is 4.48. The molecule has 0 saturated heterocycles. The zero-order valence-corrected chi connectivity index (χ0v) is 14.1. The van der Waals surface area contributed by atoms with Crippen LogP contribution in [0, 0.1) is 0 Å². The lowest BCUT2D eigenvalue weighted by Crippen LogP contribution is -2.19. The van der Waals surface area contributed by atoms with Crippen molar-refractivity contribution >= 4 is 12.1 Å². The molecule has 1 aromatic heterocycles. The molecule has 0 atom stereocenters. The number of nitrogens with one attached hydrogen (secondary N) is 2. The minimum atomic E-state index is -0.294. The standard InChI is InChI=1S/C20H18N4O2/c25-20(19-17-10-5-11-18(17)22-23-19)24-21-13-14-6-4-9-16(12-14)26-15-7-2-1-3-8-15/h1-4,6-9,12-13H,5,10-11H2,(H,22,23)(H,24,25). The largest absolute Gasteiger partial charge is 0.457 e. The molecule has 3 aromatic rings. The van der Waals surface area contributed by atoms with Crippen molar-refractivity contribution in [3.8, 4) is 11.5 Å². The molecule has 4 rings (SSSR count). The van der Waals surface area contributed by atoms with Gasteiger partial charge in [-0.3, -0.25) is 9.89 Å². The number of hydrazone groups is 1. The number of hydrogen-bond donors (Lipinski definition) is 2. The number of benzene rings is 2. The number of aromatic nitrogens is 2. The molecule has 0 unspecified atom stereocenters. The normalized spacial score (nSPS) is 12.9. The molecule has 1 aliphatic carbocycles. The van der Waals surface area contributed by atoms with Gasteiger partial charge in [0.15, 0.2) is 5.69 Å². The van der Waals surface area contributed by atoms with Crippen molar-refractivity contribution in [3.05, 3.63) is 77.1 Å². The number of ether oxygens (including phenoxy) is 1. The average molecular weight is 346 g/mol. The van der Waals surface area contributed by atoms with Crippen LogP contribution >= 0.6 is 0 Å². The summed E-state index contributed by atoms with van der Waals surface area (Å²) < 4.78 is 5.79. The van der Waals surface area contributed by atoms with E-state index in [1.807, 2.05) is 54.6 Å². The predicted octanol–water partition coefficient (Wildman–Crippen LogP) is 3.45. The molecule has 0 saturated carbocycles. The number of hydrogen-bond acceptors (Lipinski definition) is 4. The quantitative estimate of drug-likeness (QED) is 0.548. The van der Waals surface area contributed by atoms with Crippen LogP contribution in [0.25, 0.3) is 0 Å². The molecule has 6 nitrogen and oxygen atoms in total. The van der Waals surface area contributed by atoms with Crippen molar-refractivity contribution in [2.24, 2.45) is 5.10 Å². The van der Waals surface area contributed by atoms with Gasteiger partial charge in [0.25, 0.3) is 5.91 Å². The lowest BCUT2D eigenvalue weighted by Gasteiger charge is -2.05. The van der Waals surface area contributed by atoms with Crippen LogP contribution < -0.4 is 10.2 Å². The summed E-state index contributed by atoms with van der Waals surface area (Å²) >= 11 is 0. The van der Waals surface area contributed by atoms with Gasteiger partial charge in [-0.05, 0) is 49.1 Å². The Bertz CT molecular complexity index is 947. The van der Waals surface area contributed by atoms with Crippen molar-refractivity contribution in [2.45, 2.75) is 19.3 Å². The maximum atomic E-state index is 12.2. The molecule has 0 bridgehead atoms. The fraction of sp³-hybridized carbons (Fsp3) is 0.150. The van der Waals surface area contributed by atoms with Gasteiger partial charge in [0.05, 0.1) is 6.21 Å². The molecule has 1 heterocycles. The van der Waals surface area contributed by atoms with Gasteiger partial charge in [0.1, 0.15) is 11.5 Å². The van der Waals surface area contributed by atoms with Crippen molar-refractivity contribution in [1.82, 2.24) is 15.6 Å². The maximum absolute atomic E-state index is 12.2. The molecule has 0 radical (unpaired) electrons. The van der Waals surface area contributed by atoms with Crippen LogP contribution in [0.1, 0.15) is 33.7 Å². The van der Waals surface area contributed by atoms with Crippen LogP contribution in [0.15, 0.2) is 59.7 Å². The van der Waals surface area contributed by atoms with Crippen molar-refractivity contribution in [3.63, 3.8) is 0 Å². The molecule has 130 valence electrons. The second-order valence-electron chi connectivity index (χ2n) is 6.07. The molecule has 1 aliphatic rings. The number of nitrogens with zero attached hydrogens (tertiary/aromatic N) is 2. The number of para-hydroxylation sites is 1. The number of H-pyrrole nitrogens is 1. The summed E-state index contributed by atoms with van der Waals surface area (Å²) in [6.45, 7) is 0. The fourth-order valence-corrected chi connectivity index (χ4v) is 3.01. The van der Waals surface area contributed by atoms with E-state index in [1.54, 1.807) is 6.21 Å². The van der Waals surface area contributed by atoms with Crippen LogP contribution in [0.3, 0.4) is 0 Å². The molecular formula is C20H18N4O2. The van der Waals surface area contributed by atoms with Crippen LogP contribution in [0.2, 0.25) is 0 Å². The molecule has 2 N–H and O–H groups in total. The lowest BCUT2D eigenvalue weighted by molar-refractivity contribution is 0.0949. The highest BCUT2D eigenvalue weighted by Gasteiger charge is 2.22. The first-order valence-corrected chi connectivity index (χ1v) is 8.52. The minimum absolute atomic E-state index is 0.294. The van der Waals surface area contributed by atoms with Gasteiger partial charge < -0.3 is 4.74 Å². The van der Waals surface area contributed by atoms with Crippen LogP contribution in [0.5, 0.6) is 11.5 Å². The van der Waals surface area contributed by atoms with Crippen LogP contribution in [0.4, 0.5) is 0 Å². The Morgan fingerprint density at radius 1 is 1.12 bits per heavy atom. The van der Waals surface area contributed by atoms with Crippen molar-refractivity contribution in [2.75, 3.05) is 0 Å². The smallest absolute Gasteiger partial charge is 0.292 e. The number of carbonyl (C=O) groups is 1. The monoisotopic (exact) mass is 346 g/mol. The van der Waals surface area contributed by atoms with E-state index in [9.17, 15) is 4.79 Å². The molecular weight excluding hydrogens is 328 g/mol. The number of carbonyl (C=O) groups excluding carboxylic acids is 1. The number of aryl methyl sites for hydroxylation is 1. The summed E-state index contributed by atoms with van der Waals surface area (Å²) in [4.78, 5) is 12.2. The van der Waals surface area contributed by atoms with Gasteiger partial charge in [-0.2, -0.15) is 10.2 Å². The Morgan fingerprint density at radius 3 is 2.85 bits per heavy atom. The Labute approximate surface area is 150 Å². The van der Waals surface area contributed by atoms with Gasteiger partial charge in [0, 0.05) is 11.3 Å². The van der Waals surface area contributed by atoms with Gasteiger partial charge in [-0.15, -0.1) is 0 Å². The number of aromatic amines is 1. The zero-order valence-electron chi connectivity index (χ0n) is 14.1. The van der Waals surface area contributed by atoms with E-state index in [0.717, 1.165) is 41.8 Å². The third kappa shape index (κ3) is 3.49. The van der Waals surface area contributed by atoms with Crippen molar-refractivity contribution in [1.29, 1.82) is 0 Å². The number of rotatable bonds is 5. The molecule has 2 aromatic carbocycles. The average Bonchev–Trinajstić information content (AvgIpc) is 3.26. The fourth-order valence-electron chi connectivity index (χ4n) is 3.01. The summed E-state index contributed by atoms with van der Waals surface area (Å²) in [5, 5.41) is 11.1. The molecule has 0 fully saturated rings. The number of fused-ring (bicyclic) bond motifs is 1. The Hall–Kier alpha value is -3.41. The highest BCUT2D eigenvalue weighted by atomic mass is 16.5. The molecule has 26 heavy (non-hydrogen) atoms. The topological polar surface area (TPSA) is 79.4 Å². The summed E-state index contributed by atoms with van der Waals surface area (Å²) in [7, 11) is 0. The summed E-state index contributed by atoms with van der Waals surface area (Å²) in [6, 6.07) is 17.1. The summed E-state index contributed by atoms with van der Waals surface area (Å²) in [5.74, 6) is 1.18. The predicted molar refractivity (Wildman–Crippen MR) is 98.6 cm³/mol. The van der Waals surface area contributed by atoms with E-state index < -0.39 is 0 Å². The van der Waals surface area contributed by atoms with Gasteiger partial charge in [-0.1, -0.05) is 30.3 Å². The van der Waals surface area contributed by atoms with Crippen molar-refractivity contribution < 1.29 is 9.53 Å². The SMILES string of the molecule is O=C(NN=Cc1cccc(Oc2ccccc2)c1)c1n[nH]c2c1CCC2. The van der Waals surface area contributed by atoms with E-state index in [4.69, 9.17) is 4.74 Å². The third-order valence-corrected chi connectivity index (χ3v) is 4.24. The van der Waals surface area contributed by atoms with E-state index in [1.165, 1.54) is 0 Å². The second-order valence-corrected chi connectivity index (χ2v) is 6.07. The molecule has 0 spiro atoms. The molecule has 0 aliphatic heterocycles. The molecule has 1 amide bonds. The van der Waals surface area contributed by atoms with Gasteiger partial charge in [-0.25, -0.2) is 5.43 Å². The Morgan fingerprint density at radius 2 is 1.96 bits per heavy atom. The van der Waals surface area contributed by atoms with E-state index >= 15 is 0 Å². The van der Waals surface area contributed by atoms with Gasteiger partial charge in [0.2, 0.25) is 0 Å². The van der Waals surface area contributed by atoms with E-state index in [0.29, 0.717) is 11.4 Å². The summed E-state index contributed by atoms with van der Waals surface area (Å²) in [5.41, 5.74) is 5.88. The van der Waals surface area contributed by atoms with E-state index in [-0.39, 0.29) is 5.91 Å². The lowest BCUT2D eigenvalue weighted by atomic mass is 10.2. The van der Waals surface area contributed by atoms with Crippen LogP contribution in [-0.4, -0.2) is 22.3 Å². The Balaban J connectivity index is 1.40. The first-order valence-electron chi connectivity index (χ1n) is 8.52. The second kappa shape index (κ2) is 7.23. The van der Waals surface area contributed by atoms with Gasteiger partial charge >= 0.3 is 0 Å². The maximum Gasteiger partial charge on any atom is 0.292 e. The first-order chi connectivity index (χ1) is 12.8. The highest BCUT2D eigenvalue weighted by Crippen LogP contribution is 2.23. The van der Waals surface area contributed by atoms with Crippen LogP contribution in [-0.2, 0) is 12.8 Å². The first kappa shape index (κ1) is 16.1. The third-order valence-electron chi connectivity index (χ3n) is 4.24. The minimum Gasteiger partial charge on any atom is -0.457 e. The van der Waals surface area contributed by atoms with E-state index in [2.05, 4.69) is 20.7 Å².